The molecule has 0 bridgehead atoms. The minimum atomic E-state index is -1.91. The second-order valence-electron chi connectivity index (χ2n) is 3.31. The molecule has 0 aliphatic rings. The van der Waals surface area contributed by atoms with Gasteiger partial charge in [0.2, 0.25) is 0 Å². The number of hydrogen-bond acceptors (Lipinski definition) is 4. The van der Waals surface area contributed by atoms with Gasteiger partial charge in [0.25, 0.3) is 0 Å². The van der Waals surface area contributed by atoms with Crippen molar-refractivity contribution in [1.82, 2.24) is 4.57 Å². The van der Waals surface area contributed by atoms with Gasteiger partial charge in [0, 0.05) is 11.1 Å². The monoisotopic (exact) mass is 217 g/mol. The molecule has 0 aromatic carbocycles. The van der Waals surface area contributed by atoms with Crippen LogP contribution in [-0.2, 0) is 11.3 Å². The largest absolute Gasteiger partial charge is 0.479 e. The van der Waals surface area contributed by atoms with Crippen LogP contribution < -0.4 is 4.87 Å². The second kappa shape index (κ2) is 3.55. The van der Waals surface area contributed by atoms with E-state index in [2.05, 4.69) is 0 Å². The average molecular weight is 217 g/mol. The van der Waals surface area contributed by atoms with E-state index in [0.717, 1.165) is 11.3 Å². The Kier molecular flexibility index (Phi) is 2.77. The minimum Gasteiger partial charge on any atom is -0.479 e. The predicted octanol–water partition coefficient (Wildman–Crippen LogP) is 0.0538. The average Bonchev–Trinajstić information content (AvgIpc) is 2.35. The summed E-state index contributed by atoms with van der Waals surface area (Å²) in [6.07, 6.45) is 0. The Labute approximate surface area is 84.2 Å². The molecule has 2 N–H and O–H groups in total. The summed E-state index contributed by atoms with van der Waals surface area (Å²) in [5.74, 6) is -1.34. The normalized spacial score (nSPS) is 15.1. The maximum Gasteiger partial charge on any atom is 0.337 e. The molecule has 0 fully saturated rings. The first kappa shape index (κ1) is 10.9. The van der Waals surface area contributed by atoms with Gasteiger partial charge < -0.3 is 10.2 Å². The summed E-state index contributed by atoms with van der Waals surface area (Å²) >= 11 is 0.987. The molecule has 0 spiro atoms. The number of carboxylic acids is 1. The number of nitrogens with zero attached hydrogens (tertiary/aromatic N) is 1. The number of aryl methyl sites for hydroxylation is 1. The van der Waals surface area contributed by atoms with Crippen LogP contribution in [0.3, 0.4) is 0 Å². The zero-order valence-electron chi connectivity index (χ0n) is 7.85. The summed E-state index contributed by atoms with van der Waals surface area (Å²) in [5.41, 5.74) is -1.25. The topological polar surface area (TPSA) is 79.5 Å². The van der Waals surface area contributed by atoms with E-state index in [9.17, 15) is 14.7 Å². The molecule has 1 aromatic heterocycles. The van der Waals surface area contributed by atoms with E-state index in [4.69, 9.17) is 5.11 Å². The summed E-state index contributed by atoms with van der Waals surface area (Å²) in [4.78, 5) is 21.6. The van der Waals surface area contributed by atoms with E-state index in [0.29, 0.717) is 5.69 Å². The fourth-order valence-electron chi connectivity index (χ4n) is 0.972. The smallest absolute Gasteiger partial charge is 0.337 e. The highest BCUT2D eigenvalue weighted by molar-refractivity contribution is 7.07. The lowest BCUT2D eigenvalue weighted by Crippen LogP contribution is -2.41. The molecule has 0 aliphatic carbocycles. The van der Waals surface area contributed by atoms with Gasteiger partial charge in [0.05, 0.1) is 6.54 Å². The highest BCUT2D eigenvalue weighted by atomic mass is 32.1. The molecule has 0 amide bonds. The Balaban J connectivity index is 3.00. The molecule has 0 aliphatic heterocycles. The third kappa shape index (κ3) is 2.02. The fraction of sp³-hybridized carbons (Fsp3) is 0.500. The van der Waals surface area contributed by atoms with E-state index in [1.54, 1.807) is 12.3 Å². The molecule has 1 aromatic rings. The molecule has 1 unspecified atom stereocenters. The number of carboxylic acid groups (broad SMARTS) is 1. The van der Waals surface area contributed by atoms with Crippen LogP contribution >= 0.6 is 11.3 Å². The molecule has 1 rings (SSSR count). The molecule has 0 saturated heterocycles. The molecule has 1 atom stereocenters. The van der Waals surface area contributed by atoms with E-state index < -0.39 is 11.6 Å². The summed E-state index contributed by atoms with van der Waals surface area (Å²) in [6, 6.07) is 0. The van der Waals surface area contributed by atoms with Gasteiger partial charge in [-0.05, 0) is 13.8 Å². The number of thiazole rings is 1. The molecule has 14 heavy (non-hydrogen) atoms. The minimum absolute atomic E-state index is 0.226. The number of aliphatic hydroxyl groups is 1. The molecule has 0 saturated carbocycles. The molecular weight excluding hydrogens is 206 g/mol. The lowest BCUT2D eigenvalue weighted by molar-refractivity contribution is -0.157. The molecule has 78 valence electrons. The van der Waals surface area contributed by atoms with Gasteiger partial charge in [0.1, 0.15) is 0 Å². The fourth-order valence-corrected chi connectivity index (χ4v) is 1.71. The van der Waals surface area contributed by atoms with Gasteiger partial charge in [-0.1, -0.05) is 11.3 Å². The summed E-state index contributed by atoms with van der Waals surface area (Å²) in [5, 5.41) is 19.7. The zero-order valence-corrected chi connectivity index (χ0v) is 8.67. The first-order valence-corrected chi connectivity index (χ1v) is 4.83. The van der Waals surface area contributed by atoms with Crippen molar-refractivity contribution in [3.63, 3.8) is 0 Å². The van der Waals surface area contributed by atoms with Crippen molar-refractivity contribution >= 4 is 17.3 Å². The van der Waals surface area contributed by atoms with Crippen LogP contribution in [0, 0.1) is 6.92 Å². The third-order valence-corrected chi connectivity index (χ3v) is 2.78. The first-order valence-electron chi connectivity index (χ1n) is 3.95. The highest BCUT2D eigenvalue weighted by Gasteiger charge is 2.31. The Bertz CT molecular complexity index is 404. The number of aliphatic carboxylic acids is 1. The molecule has 0 radical (unpaired) electrons. The zero-order chi connectivity index (χ0) is 10.9. The van der Waals surface area contributed by atoms with Crippen molar-refractivity contribution < 1.29 is 15.0 Å². The van der Waals surface area contributed by atoms with Gasteiger partial charge in [0.15, 0.2) is 5.60 Å². The third-order valence-electron chi connectivity index (χ3n) is 1.90. The molecule has 1 heterocycles. The lowest BCUT2D eigenvalue weighted by atomic mass is 10.1. The Morgan fingerprint density at radius 1 is 1.71 bits per heavy atom. The standard InChI is InChI=1S/C8H11NO4S/c1-5-3-14-7(12)9(5)4-8(2,13)6(10)11/h3,13H,4H2,1-2H3,(H,10,11). The lowest BCUT2D eigenvalue weighted by Gasteiger charge is -2.18. The Morgan fingerprint density at radius 3 is 2.64 bits per heavy atom. The number of hydrogen-bond donors (Lipinski definition) is 2. The van der Waals surface area contributed by atoms with E-state index in [1.165, 1.54) is 11.5 Å². The summed E-state index contributed by atoms with van der Waals surface area (Å²) in [6.45, 7) is 2.63. The van der Waals surface area contributed by atoms with Crippen molar-refractivity contribution in [2.75, 3.05) is 0 Å². The van der Waals surface area contributed by atoms with Crippen molar-refractivity contribution in [2.45, 2.75) is 26.0 Å². The van der Waals surface area contributed by atoms with Crippen LogP contribution in [0.2, 0.25) is 0 Å². The quantitative estimate of drug-likeness (QED) is 0.750. The van der Waals surface area contributed by atoms with Gasteiger partial charge in [-0.15, -0.1) is 0 Å². The van der Waals surface area contributed by atoms with Gasteiger partial charge in [-0.2, -0.15) is 0 Å². The first-order chi connectivity index (χ1) is 6.34. The maximum absolute atomic E-state index is 11.2. The van der Waals surface area contributed by atoms with Gasteiger partial charge in [-0.3, -0.25) is 9.36 Å². The number of rotatable bonds is 3. The number of aromatic nitrogens is 1. The Morgan fingerprint density at radius 2 is 2.29 bits per heavy atom. The van der Waals surface area contributed by atoms with Crippen molar-refractivity contribution in [2.24, 2.45) is 0 Å². The SMILES string of the molecule is Cc1csc(=O)n1CC(C)(O)C(=O)O. The van der Waals surface area contributed by atoms with E-state index in [-0.39, 0.29) is 11.4 Å². The van der Waals surface area contributed by atoms with Crippen LogP contribution in [0.1, 0.15) is 12.6 Å². The van der Waals surface area contributed by atoms with Crippen molar-refractivity contribution in [3.8, 4) is 0 Å². The van der Waals surface area contributed by atoms with Crippen LogP contribution in [-0.4, -0.2) is 26.4 Å². The molecular formula is C8H11NO4S. The second-order valence-corrected chi connectivity index (χ2v) is 4.13. The number of carbonyl (C=O) groups is 1. The maximum atomic E-state index is 11.2. The molecule has 6 heteroatoms. The Hall–Kier alpha value is -1.14. The summed E-state index contributed by atoms with van der Waals surface area (Å²) < 4.78 is 1.25. The van der Waals surface area contributed by atoms with Gasteiger partial charge >= 0.3 is 10.8 Å². The van der Waals surface area contributed by atoms with Crippen LogP contribution in [0.5, 0.6) is 0 Å². The van der Waals surface area contributed by atoms with Crippen molar-refractivity contribution in [1.29, 1.82) is 0 Å². The summed E-state index contributed by atoms with van der Waals surface area (Å²) in [7, 11) is 0. The molecule has 5 nitrogen and oxygen atoms in total. The van der Waals surface area contributed by atoms with Crippen LogP contribution in [0.4, 0.5) is 0 Å². The highest BCUT2D eigenvalue weighted by Crippen LogP contribution is 2.09. The van der Waals surface area contributed by atoms with Gasteiger partial charge in [-0.25, -0.2) is 4.79 Å². The van der Waals surface area contributed by atoms with E-state index >= 15 is 0 Å². The van der Waals surface area contributed by atoms with Crippen LogP contribution in [0.25, 0.3) is 0 Å². The van der Waals surface area contributed by atoms with Crippen molar-refractivity contribution in [3.05, 3.63) is 20.7 Å². The predicted molar refractivity (Wildman–Crippen MR) is 51.6 cm³/mol. The van der Waals surface area contributed by atoms with E-state index in [1.807, 2.05) is 0 Å². The van der Waals surface area contributed by atoms with Crippen LogP contribution in [0.15, 0.2) is 10.2 Å².